The van der Waals surface area contributed by atoms with Crippen molar-refractivity contribution < 1.29 is 121 Å². The minimum atomic E-state index is 0. The molecule has 0 aromatic heterocycles. The first-order valence-corrected chi connectivity index (χ1v) is 0. The Morgan fingerprint density at radius 1 is 1.00 bits per heavy atom. The molecule has 5 heteroatoms. The zero-order chi connectivity index (χ0) is 0. The van der Waals surface area contributed by atoms with Crippen LogP contribution in [0.2, 0.25) is 0 Å². The molecule has 0 aliphatic rings. The number of hydrogen-bond acceptors (Lipinski definition) is 0. The molecule has 0 unspecified atom stereocenters. The van der Waals surface area contributed by atoms with Gasteiger partial charge in [-0.1, -0.05) is 0 Å². The van der Waals surface area contributed by atoms with E-state index in [0.29, 0.717) is 0 Å². The van der Waals surface area contributed by atoms with Crippen LogP contribution in [0.3, 0.4) is 0 Å². The van der Waals surface area contributed by atoms with Crippen molar-refractivity contribution in [2.45, 2.75) is 0 Å². The monoisotopic (exact) mass is 501 g/mol. The Kier molecular flexibility index (Phi) is 154. The second kappa shape index (κ2) is 23.3. The van der Waals surface area contributed by atoms with Gasteiger partial charge in [-0.15, -0.1) is 0 Å². The van der Waals surface area contributed by atoms with Crippen molar-refractivity contribution in [1.82, 2.24) is 0 Å². The zero-order valence-electron chi connectivity index (χ0n) is 2.53. The molecule has 0 spiro atoms. The Morgan fingerprint density at radius 2 is 1.00 bits per heavy atom. The van der Waals surface area contributed by atoms with E-state index >= 15 is 0 Å². The van der Waals surface area contributed by atoms with Crippen LogP contribution in [0, 0.1) is 79.0 Å². The fourth-order valence-electron chi connectivity index (χ4n) is 0. The fourth-order valence-corrected chi connectivity index (χ4v) is 0. The van der Waals surface area contributed by atoms with E-state index in [9.17, 15) is 0 Å². The molecule has 0 aromatic carbocycles. The van der Waals surface area contributed by atoms with Gasteiger partial charge in [0.05, 0.1) is 0 Å². The van der Waals surface area contributed by atoms with Crippen molar-refractivity contribution in [1.29, 1.82) is 0 Å². The van der Waals surface area contributed by atoms with Crippen LogP contribution in [0.4, 0.5) is 0 Å². The summed E-state index contributed by atoms with van der Waals surface area (Å²) in [7, 11) is 0. The minimum Gasteiger partial charge on any atom is 0 e. The van der Waals surface area contributed by atoms with E-state index in [0.717, 1.165) is 0 Å². The molecule has 0 atom stereocenters. The van der Waals surface area contributed by atoms with Crippen LogP contribution in [0.25, 0.3) is 0 Å². The quantitative estimate of drug-likeness (QED) is 0.395. The molecule has 0 aromatic rings. The summed E-state index contributed by atoms with van der Waals surface area (Å²) in [4.78, 5) is 0. The third-order valence-corrected chi connectivity index (χ3v) is 0. The molecule has 0 aliphatic carbocycles. The Morgan fingerprint density at radius 3 is 1.00 bits per heavy atom. The molecule has 0 fully saturated rings. The molecule has 0 aliphatic heterocycles. The second-order valence-corrected chi connectivity index (χ2v) is 0. The van der Waals surface area contributed by atoms with Gasteiger partial charge in [-0.2, -0.15) is 0 Å². The van der Waals surface area contributed by atoms with E-state index in [1.165, 1.54) is 0 Å². The van der Waals surface area contributed by atoms with E-state index in [-0.39, 0.29) is 144 Å². The zero-order valence-corrected chi connectivity index (χ0v) is 13.6. The summed E-state index contributed by atoms with van der Waals surface area (Å²) in [5.74, 6) is 0. The van der Waals surface area contributed by atoms with Gasteiger partial charge in [-0.3, -0.25) is 0 Å². The summed E-state index contributed by atoms with van der Waals surface area (Å²) in [6.45, 7) is 0. The van der Waals surface area contributed by atoms with E-state index in [4.69, 9.17) is 0 Å². The van der Waals surface area contributed by atoms with E-state index in [1.54, 1.807) is 0 Å². The van der Waals surface area contributed by atoms with Crippen molar-refractivity contribution in [3.8, 4) is 0 Å². The average Bonchev–Trinajstić information content (AvgIpc) is 0. The van der Waals surface area contributed by atoms with Gasteiger partial charge >= 0.3 is 0 Å². The topological polar surface area (TPSA) is 0 Å². The van der Waals surface area contributed by atoms with Crippen LogP contribution in [0.1, 0.15) is 0 Å². The smallest absolute Gasteiger partial charge is 0 e. The molecule has 0 saturated heterocycles. The summed E-state index contributed by atoms with van der Waals surface area (Å²) in [5, 5.41) is 0. The molecule has 0 N–H and O–H groups in total. The van der Waals surface area contributed by atoms with Crippen LogP contribution < -0.4 is 0 Å². The number of hydrogen-bond donors (Lipinski definition) is 0. The summed E-state index contributed by atoms with van der Waals surface area (Å²) >= 11 is 0. The van der Waals surface area contributed by atoms with Gasteiger partial charge in [0.25, 0.3) is 0 Å². The van der Waals surface area contributed by atoms with E-state index in [1.807, 2.05) is 0 Å². The Balaban J connectivity index is 0. The molecule has 29 valence electrons. The van der Waals surface area contributed by atoms with Crippen molar-refractivity contribution in [2.24, 2.45) is 0 Å². The molecule has 0 nitrogen and oxygen atoms in total. The maximum atomic E-state index is 0. The van der Waals surface area contributed by atoms with Crippen molar-refractivity contribution >= 4 is 23.1 Å². The summed E-state index contributed by atoms with van der Waals surface area (Å²) in [5.41, 5.74) is 0. The van der Waals surface area contributed by atoms with Crippen molar-refractivity contribution in [3.05, 3.63) is 0 Å². The van der Waals surface area contributed by atoms with Gasteiger partial charge in [0.15, 0.2) is 0 Å². The number of rotatable bonds is 0. The maximum absolute atomic E-state index is 0. The van der Waals surface area contributed by atoms with Crippen molar-refractivity contribution in [3.63, 3.8) is 0 Å². The van der Waals surface area contributed by atoms with Gasteiger partial charge in [-0.25, -0.2) is 0 Å². The maximum Gasteiger partial charge on any atom is 0 e. The molecule has 0 saturated carbocycles. The van der Waals surface area contributed by atoms with Crippen LogP contribution in [-0.4, -0.2) is 23.1 Å². The Labute approximate surface area is 140 Å². The molecule has 5 heavy (non-hydrogen) atoms. The Hall–Kier alpha value is 4.75. The first kappa shape index (κ1) is 33.1. The van der Waals surface area contributed by atoms with Crippen LogP contribution >= 0.6 is 0 Å². The van der Waals surface area contributed by atoms with E-state index in [2.05, 4.69) is 0 Å². The standard InChI is InChI=1S/Ag.Dy.Mg.Nd.Zn. The third-order valence-electron chi connectivity index (χ3n) is 0. The summed E-state index contributed by atoms with van der Waals surface area (Å²) in [6.07, 6.45) is 0. The predicted molar refractivity (Wildman–Crippen MR) is 5.75 cm³/mol. The summed E-state index contributed by atoms with van der Waals surface area (Å²) < 4.78 is 0. The van der Waals surface area contributed by atoms with Gasteiger partial charge in [0.1, 0.15) is 0 Å². The third kappa shape index (κ3) is 17.7. The predicted octanol–water partition coefficient (Wildman–Crippen LogP) is -0.386. The van der Waals surface area contributed by atoms with Gasteiger partial charge in [0, 0.05) is 144 Å². The first-order valence-electron chi connectivity index (χ1n) is 0. The minimum absolute atomic E-state index is 0. The normalized spacial score (nSPS) is 0. The average molecular weight is 504 g/mol. The van der Waals surface area contributed by atoms with Crippen LogP contribution in [0.5, 0.6) is 0 Å². The largest absolute Gasteiger partial charge is 0 e. The molecule has 0 heterocycles. The molecule has 0 amide bonds. The first-order chi connectivity index (χ1) is 0. The molecule has 3 radical (unpaired) electrons. The van der Waals surface area contributed by atoms with E-state index < -0.39 is 0 Å². The van der Waals surface area contributed by atoms with Crippen LogP contribution in [0.15, 0.2) is 0 Å². The SMILES string of the molecule is [Ag].[Dy].[Mg].[Nd].[Zn]. The van der Waals surface area contributed by atoms with Crippen molar-refractivity contribution in [2.75, 3.05) is 0 Å². The molecular weight excluding hydrogens is 504 g/mol. The van der Waals surface area contributed by atoms with Crippen LogP contribution in [-0.2, 0) is 41.9 Å². The fraction of sp³-hybridized carbons (Fsp3) is 0. The molecular formula is AgDyMgNdZn. The summed E-state index contributed by atoms with van der Waals surface area (Å²) in [6, 6.07) is 0. The Bertz CT molecular complexity index is 11.6. The molecule has 0 rings (SSSR count). The van der Waals surface area contributed by atoms with Gasteiger partial charge < -0.3 is 0 Å². The van der Waals surface area contributed by atoms with Gasteiger partial charge in [0.2, 0.25) is 0 Å². The van der Waals surface area contributed by atoms with Gasteiger partial charge in [-0.05, 0) is 0 Å². The molecule has 0 bridgehead atoms. The second-order valence-electron chi connectivity index (χ2n) is 0.